The second-order valence-corrected chi connectivity index (χ2v) is 7.68. The standard InChI is InChI=1S/C20H21N5OS/c1-24-9-11-25(12-10-24)19-8-7-17(22-23-19)15-4-2-5-16(14-15)21-20(26)18-6-3-13-27-18/h2-8,13-14H,9-12H2,1H3,(H,21,26)/p+1. The van der Waals surface area contributed by atoms with Gasteiger partial charge in [0.15, 0.2) is 5.82 Å². The molecule has 7 heteroatoms. The number of rotatable bonds is 4. The summed E-state index contributed by atoms with van der Waals surface area (Å²) in [6, 6.07) is 15.4. The van der Waals surface area contributed by atoms with Gasteiger partial charge in [0.25, 0.3) is 5.91 Å². The second-order valence-electron chi connectivity index (χ2n) is 6.73. The Morgan fingerprint density at radius 2 is 1.96 bits per heavy atom. The molecule has 2 aromatic heterocycles. The van der Waals surface area contributed by atoms with Gasteiger partial charge in [0, 0.05) is 11.3 Å². The number of anilines is 2. The largest absolute Gasteiger partial charge is 0.344 e. The van der Waals surface area contributed by atoms with Crippen LogP contribution in [-0.4, -0.2) is 49.3 Å². The average Bonchev–Trinajstić information content (AvgIpc) is 3.24. The van der Waals surface area contributed by atoms with Gasteiger partial charge in [-0.2, -0.15) is 0 Å². The van der Waals surface area contributed by atoms with E-state index in [1.165, 1.54) is 11.3 Å². The predicted octanol–water partition coefficient (Wildman–Crippen LogP) is 1.79. The number of benzene rings is 1. The maximum Gasteiger partial charge on any atom is 0.265 e. The molecule has 3 aromatic rings. The van der Waals surface area contributed by atoms with E-state index < -0.39 is 0 Å². The van der Waals surface area contributed by atoms with Crippen molar-refractivity contribution in [2.24, 2.45) is 0 Å². The number of aromatic nitrogens is 2. The maximum absolute atomic E-state index is 12.2. The number of carbonyl (C=O) groups is 1. The fourth-order valence-electron chi connectivity index (χ4n) is 3.12. The summed E-state index contributed by atoms with van der Waals surface area (Å²) in [6.07, 6.45) is 0. The summed E-state index contributed by atoms with van der Waals surface area (Å²) < 4.78 is 0. The topological polar surface area (TPSA) is 62.6 Å². The third-order valence-corrected chi connectivity index (χ3v) is 5.62. The van der Waals surface area contributed by atoms with Crippen molar-refractivity contribution in [2.45, 2.75) is 0 Å². The van der Waals surface area contributed by atoms with Crippen LogP contribution in [0.4, 0.5) is 11.5 Å². The monoisotopic (exact) mass is 380 g/mol. The summed E-state index contributed by atoms with van der Waals surface area (Å²) >= 11 is 1.43. The number of nitrogens with zero attached hydrogens (tertiary/aromatic N) is 3. The van der Waals surface area contributed by atoms with E-state index in [1.807, 2.05) is 53.9 Å². The third kappa shape index (κ3) is 4.15. The van der Waals surface area contributed by atoms with Crippen LogP contribution in [0.15, 0.2) is 53.9 Å². The van der Waals surface area contributed by atoms with Gasteiger partial charge in [-0.15, -0.1) is 21.5 Å². The minimum absolute atomic E-state index is 0.0965. The van der Waals surface area contributed by atoms with Crippen LogP contribution in [0.25, 0.3) is 11.3 Å². The van der Waals surface area contributed by atoms with Crippen LogP contribution in [0.1, 0.15) is 9.67 Å². The highest BCUT2D eigenvalue weighted by molar-refractivity contribution is 7.12. The van der Waals surface area contributed by atoms with Crippen molar-refractivity contribution in [3.8, 4) is 11.3 Å². The lowest BCUT2D eigenvalue weighted by atomic mass is 10.1. The molecule has 0 spiro atoms. The third-order valence-electron chi connectivity index (χ3n) is 4.75. The molecule has 1 aliphatic rings. The number of quaternary nitrogens is 1. The molecule has 0 unspecified atom stereocenters. The lowest BCUT2D eigenvalue weighted by molar-refractivity contribution is -0.880. The Morgan fingerprint density at radius 1 is 1.11 bits per heavy atom. The molecule has 2 N–H and O–H groups in total. The quantitative estimate of drug-likeness (QED) is 0.725. The first-order chi connectivity index (χ1) is 13.2. The van der Waals surface area contributed by atoms with Gasteiger partial charge >= 0.3 is 0 Å². The van der Waals surface area contributed by atoms with Gasteiger partial charge in [-0.1, -0.05) is 18.2 Å². The lowest BCUT2D eigenvalue weighted by Crippen LogP contribution is -3.12. The van der Waals surface area contributed by atoms with E-state index in [2.05, 4.69) is 27.5 Å². The van der Waals surface area contributed by atoms with E-state index in [9.17, 15) is 4.79 Å². The summed E-state index contributed by atoms with van der Waals surface area (Å²) in [5.74, 6) is 0.828. The van der Waals surface area contributed by atoms with Crippen molar-refractivity contribution in [1.82, 2.24) is 10.2 Å². The highest BCUT2D eigenvalue weighted by Gasteiger charge is 2.18. The highest BCUT2D eigenvalue weighted by atomic mass is 32.1. The van der Waals surface area contributed by atoms with E-state index in [0.717, 1.165) is 48.9 Å². The molecule has 0 atom stereocenters. The van der Waals surface area contributed by atoms with Crippen LogP contribution in [0.5, 0.6) is 0 Å². The van der Waals surface area contributed by atoms with Crippen molar-refractivity contribution in [3.05, 3.63) is 58.8 Å². The Bertz CT molecular complexity index is 902. The first-order valence-corrected chi connectivity index (χ1v) is 9.92. The molecule has 1 saturated heterocycles. The van der Waals surface area contributed by atoms with Gasteiger partial charge in [-0.25, -0.2) is 0 Å². The minimum atomic E-state index is -0.0965. The molecule has 0 bridgehead atoms. The Morgan fingerprint density at radius 3 is 2.67 bits per heavy atom. The highest BCUT2D eigenvalue weighted by Crippen LogP contribution is 2.22. The Balaban J connectivity index is 1.47. The van der Waals surface area contributed by atoms with Crippen LogP contribution in [0.2, 0.25) is 0 Å². The number of nitrogens with one attached hydrogen (secondary N) is 2. The molecule has 6 nitrogen and oxygen atoms in total. The zero-order valence-corrected chi connectivity index (χ0v) is 16.0. The molecule has 4 rings (SSSR count). The Kier molecular flexibility index (Phi) is 5.13. The molecular weight excluding hydrogens is 358 g/mol. The van der Waals surface area contributed by atoms with Crippen LogP contribution in [-0.2, 0) is 0 Å². The summed E-state index contributed by atoms with van der Waals surface area (Å²) in [5.41, 5.74) is 2.48. The van der Waals surface area contributed by atoms with Gasteiger partial charge in [-0.05, 0) is 35.7 Å². The maximum atomic E-state index is 12.2. The van der Waals surface area contributed by atoms with Crippen LogP contribution in [0, 0.1) is 0 Å². The van der Waals surface area contributed by atoms with Crippen molar-refractivity contribution >= 4 is 28.7 Å². The zero-order valence-electron chi connectivity index (χ0n) is 15.2. The van der Waals surface area contributed by atoms with Crippen molar-refractivity contribution in [1.29, 1.82) is 0 Å². The number of likely N-dealkylation sites (N-methyl/N-ethyl adjacent to an activating group) is 1. The number of carbonyl (C=O) groups excluding carboxylic acids is 1. The minimum Gasteiger partial charge on any atom is -0.344 e. The summed E-state index contributed by atoms with van der Waals surface area (Å²) in [4.78, 5) is 16.8. The number of thiophene rings is 1. The van der Waals surface area contributed by atoms with E-state index in [4.69, 9.17) is 0 Å². The summed E-state index contributed by atoms with van der Waals surface area (Å²) in [7, 11) is 2.22. The van der Waals surface area contributed by atoms with Gasteiger partial charge in [0.2, 0.25) is 0 Å². The van der Waals surface area contributed by atoms with E-state index in [0.29, 0.717) is 4.88 Å². The first kappa shape index (κ1) is 17.6. The zero-order chi connectivity index (χ0) is 18.6. The normalized spacial score (nSPS) is 14.9. The fraction of sp³-hybridized carbons (Fsp3) is 0.250. The first-order valence-electron chi connectivity index (χ1n) is 9.04. The van der Waals surface area contributed by atoms with Crippen LogP contribution < -0.4 is 15.1 Å². The lowest BCUT2D eigenvalue weighted by Gasteiger charge is -2.30. The van der Waals surface area contributed by atoms with Gasteiger partial charge < -0.3 is 15.1 Å². The SMILES string of the molecule is C[NH+]1CCN(c2ccc(-c3cccc(NC(=O)c4cccs4)c3)nn2)CC1. The smallest absolute Gasteiger partial charge is 0.265 e. The predicted molar refractivity (Wildman–Crippen MR) is 109 cm³/mol. The number of amides is 1. The molecule has 27 heavy (non-hydrogen) atoms. The Hall–Kier alpha value is -2.77. The average molecular weight is 380 g/mol. The summed E-state index contributed by atoms with van der Waals surface area (Å²) in [5, 5.41) is 13.6. The van der Waals surface area contributed by atoms with E-state index in [-0.39, 0.29) is 5.91 Å². The summed E-state index contributed by atoms with van der Waals surface area (Å²) in [6.45, 7) is 4.25. The molecule has 0 aliphatic carbocycles. The fourth-order valence-corrected chi connectivity index (χ4v) is 3.74. The molecule has 0 saturated carbocycles. The molecule has 1 amide bonds. The van der Waals surface area contributed by atoms with Gasteiger partial charge in [0.1, 0.15) is 0 Å². The molecule has 3 heterocycles. The van der Waals surface area contributed by atoms with Crippen molar-refractivity contribution in [2.75, 3.05) is 43.4 Å². The Labute approximate surface area is 162 Å². The molecule has 1 fully saturated rings. The van der Waals surface area contributed by atoms with Crippen LogP contribution in [0.3, 0.4) is 0 Å². The molecule has 1 aromatic carbocycles. The van der Waals surface area contributed by atoms with E-state index in [1.54, 1.807) is 4.90 Å². The van der Waals surface area contributed by atoms with E-state index >= 15 is 0 Å². The molecular formula is C20H22N5OS+. The number of piperazine rings is 1. The van der Waals surface area contributed by atoms with Crippen LogP contribution >= 0.6 is 11.3 Å². The molecule has 138 valence electrons. The molecule has 0 radical (unpaired) electrons. The number of hydrogen-bond acceptors (Lipinski definition) is 5. The second kappa shape index (κ2) is 7.85. The molecule has 1 aliphatic heterocycles. The number of hydrogen-bond donors (Lipinski definition) is 2. The van der Waals surface area contributed by atoms with Gasteiger partial charge in [0.05, 0.1) is 43.8 Å². The van der Waals surface area contributed by atoms with Gasteiger partial charge in [-0.3, -0.25) is 4.79 Å². The van der Waals surface area contributed by atoms with Crippen molar-refractivity contribution in [3.63, 3.8) is 0 Å². The van der Waals surface area contributed by atoms with Crippen molar-refractivity contribution < 1.29 is 9.69 Å².